The summed E-state index contributed by atoms with van der Waals surface area (Å²) in [6.07, 6.45) is 6.33. The first-order chi connectivity index (χ1) is 8.58. The summed E-state index contributed by atoms with van der Waals surface area (Å²) in [5.41, 5.74) is 0. The van der Waals surface area contributed by atoms with E-state index in [-0.39, 0.29) is 11.8 Å². The van der Waals surface area contributed by atoms with Crippen LogP contribution in [0.15, 0.2) is 0 Å². The zero-order chi connectivity index (χ0) is 13.1. The van der Waals surface area contributed by atoms with Crippen LogP contribution < -0.4 is 0 Å². The minimum absolute atomic E-state index is 0.179. The minimum Gasteiger partial charge on any atom is -0.335 e. The first kappa shape index (κ1) is 13.6. The van der Waals surface area contributed by atoms with Gasteiger partial charge in [0.1, 0.15) is 0 Å². The molecule has 2 fully saturated rings. The number of ketones is 1. The molecular weight excluding hydrogens is 226 g/mol. The summed E-state index contributed by atoms with van der Waals surface area (Å²) in [5.74, 6) is 1.68. The van der Waals surface area contributed by atoms with Gasteiger partial charge in [0.15, 0.2) is 5.78 Å². The summed E-state index contributed by atoms with van der Waals surface area (Å²) in [5, 5.41) is 0. The number of rotatable bonds is 4. The van der Waals surface area contributed by atoms with E-state index in [2.05, 4.69) is 13.8 Å². The van der Waals surface area contributed by atoms with E-state index >= 15 is 0 Å². The van der Waals surface area contributed by atoms with Gasteiger partial charge in [-0.15, -0.1) is 0 Å². The number of nitrogens with zero attached hydrogens (tertiary/aromatic N) is 1. The molecule has 1 aliphatic carbocycles. The van der Waals surface area contributed by atoms with Gasteiger partial charge in [0.05, 0.1) is 6.54 Å². The van der Waals surface area contributed by atoms with Gasteiger partial charge in [0.2, 0.25) is 5.91 Å². The Kier molecular flexibility index (Phi) is 4.41. The van der Waals surface area contributed by atoms with Gasteiger partial charge < -0.3 is 4.90 Å². The molecule has 1 saturated heterocycles. The molecule has 0 aromatic heterocycles. The third-order valence-corrected chi connectivity index (χ3v) is 4.59. The number of likely N-dealkylation sites (tertiary alicyclic amines) is 1. The second kappa shape index (κ2) is 5.85. The summed E-state index contributed by atoms with van der Waals surface area (Å²) >= 11 is 0. The molecule has 1 aliphatic heterocycles. The molecule has 0 N–H and O–H groups in total. The van der Waals surface area contributed by atoms with Crippen LogP contribution >= 0.6 is 0 Å². The molecule has 1 saturated carbocycles. The quantitative estimate of drug-likeness (QED) is 0.770. The van der Waals surface area contributed by atoms with Crippen LogP contribution in [0, 0.1) is 17.8 Å². The Morgan fingerprint density at radius 1 is 1.28 bits per heavy atom. The van der Waals surface area contributed by atoms with Crippen molar-refractivity contribution in [2.45, 2.75) is 52.4 Å². The summed E-state index contributed by atoms with van der Waals surface area (Å²) in [6, 6.07) is 0. The van der Waals surface area contributed by atoms with Crippen LogP contribution in [0.2, 0.25) is 0 Å². The Morgan fingerprint density at radius 2 is 1.94 bits per heavy atom. The molecule has 1 amide bonds. The van der Waals surface area contributed by atoms with Gasteiger partial charge in [0.25, 0.3) is 0 Å². The summed E-state index contributed by atoms with van der Waals surface area (Å²) < 4.78 is 0. The summed E-state index contributed by atoms with van der Waals surface area (Å²) in [6.45, 7) is 5.47. The Morgan fingerprint density at radius 3 is 2.50 bits per heavy atom. The molecule has 0 aromatic carbocycles. The van der Waals surface area contributed by atoms with E-state index in [4.69, 9.17) is 0 Å². The molecular formula is C15H25NO2. The topological polar surface area (TPSA) is 37.4 Å². The van der Waals surface area contributed by atoms with Crippen molar-refractivity contribution >= 4 is 11.7 Å². The lowest BCUT2D eigenvalue weighted by molar-refractivity contribution is -0.134. The average molecular weight is 251 g/mol. The maximum atomic E-state index is 12.2. The highest BCUT2D eigenvalue weighted by Crippen LogP contribution is 2.27. The van der Waals surface area contributed by atoms with E-state index in [9.17, 15) is 9.59 Å². The van der Waals surface area contributed by atoms with Crippen molar-refractivity contribution in [1.82, 2.24) is 4.90 Å². The zero-order valence-electron chi connectivity index (χ0n) is 11.7. The normalized spacial score (nSPS) is 26.1. The predicted octanol–water partition coefficient (Wildman–Crippen LogP) is 2.64. The molecule has 0 bridgehead atoms. The molecule has 1 atom stereocenters. The highest BCUT2D eigenvalue weighted by atomic mass is 16.2. The molecule has 1 heterocycles. The van der Waals surface area contributed by atoms with Crippen LogP contribution in [0.5, 0.6) is 0 Å². The van der Waals surface area contributed by atoms with Crippen molar-refractivity contribution in [2.75, 3.05) is 13.1 Å². The van der Waals surface area contributed by atoms with Crippen LogP contribution in [-0.2, 0) is 9.59 Å². The number of carbonyl (C=O) groups excluding carboxylic acids is 2. The van der Waals surface area contributed by atoms with Crippen molar-refractivity contribution in [3.63, 3.8) is 0 Å². The van der Waals surface area contributed by atoms with Gasteiger partial charge in [-0.3, -0.25) is 9.59 Å². The number of Topliss-reactive ketones (excluding diaryl/α,β-unsaturated/α-hetero) is 1. The average Bonchev–Trinajstić information content (AvgIpc) is 2.72. The second-order valence-electron chi connectivity index (χ2n) is 6.28. The highest BCUT2D eigenvalue weighted by Gasteiger charge is 2.33. The van der Waals surface area contributed by atoms with Crippen molar-refractivity contribution in [3.05, 3.63) is 0 Å². The van der Waals surface area contributed by atoms with Crippen molar-refractivity contribution in [1.29, 1.82) is 0 Å². The Labute approximate surface area is 110 Å². The van der Waals surface area contributed by atoms with E-state index in [1.807, 2.05) is 0 Å². The highest BCUT2D eigenvalue weighted by molar-refractivity contribution is 5.88. The number of amides is 1. The van der Waals surface area contributed by atoms with Gasteiger partial charge in [-0.05, 0) is 24.7 Å². The van der Waals surface area contributed by atoms with Gasteiger partial charge in [-0.2, -0.15) is 0 Å². The monoisotopic (exact) mass is 251 g/mol. The maximum Gasteiger partial charge on any atom is 0.223 e. The first-order valence-electron chi connectivity index (χ1n) is 7.38. The van der Waals surface area contributed by atoms with Crippen molar-refractivity contribution in [3.8, 4) is 0 Å². The molecule has 3 heteroatoms. The number of carbonyl (C=O) groups is 2. The number of hydrogen-bond acceptors (Lipinski definition) is 2. The molecule has 18 heavy (non-hydrogen) atoms. The number of hydrogen-bond donors (Lipinski definition) is 0. The predicted molar refractivity (Wildman–Crippen MR) is 71.1 cm³/mol. The van der Waals surface area contributed by atoms with Gasteiger partial charge in [0, 0.05) is 18.9 Å². The van der Waals surface area contributed by atoms with Crippen LogP contribution in [0.25, 0.3) is 0 Å². The van der Waals surface area contributed by atoms with Crippen LogP contribution in [-0.4, -0.2) is 29.7 Å². The molecule has 102 valence electrons. The smallest absolute Gasteiger partial charge is 0.223 e. The lowest BCUT2D eigenvalue weighted by atomic mass is 9.86. The Balaban J connectivity index is 1.85. The molecule has 0 radical (unpaired) electrons. The fourth-order valence-electron chi connectivity index (χ4n) is 3.14. The maximum absolute atomic E-state index is 12.2. The summed E-state index contributed by atoms with van der Waals surface area (Å²) in [7, 11) is 0. The van der Waals surface area contributed by atoms with E-state index < -0.39 is 0 Å². The SMILES string of the molecule is CC(C)C1CC(=O)N(CC(=O)C2CCCCC2)C1. The van der Waals surface area contributed by atoms with Crippen molar-refractivity contribution < 1.29 is 9.59 Å². The lowest BCUT2D eigenvalue weighted by Crippen LogP contribution is -2.35. The molecule has 3 nitrogen and oxygen atoms in total. The van der Waals surface area contributed by atoms with Gasteiger partial charge >= 0.3 is 0 Å². The molecule has 2 aliphatic rings. The molecule has 2 rings (SSSR count). The van der Waals surface area contributed by atoms with Gasteiger partial charge in [-0.25, -0.2) is 0 Å². The molecule has 0 aromatic rings. The van der Waals surface area contributed by atoms with Gasteiger partial charge in [-0.1, -0.05) is 33.1 Å². The standard InChI is InChI=1S/C15H25NO2/c1-11(2)13-8-15(18)16(9-13)10-14(17)12-6-4-3-5-7-12/h11-13H,3-10H2,1-2H3. The Hall–Kier alpha value is -0.860. The first-order valence-corrected chi connectivity index (χ1v) is 7.38. The van der Waals surface area contributed by atoms with E-state index in [0.29, 0.717) is 30.6 Å². The van der Waals surface area contributed by atoms with E-state index in [1.54, 1.807) is 4.90 Å². The fourth-order valence-corrected chi connectivity index (χ4v) is 3.14. The van der Waals surface area contributed by atoms with Crippen LogP contribution in [0.3, 0.4) is 0 Å². The molecule has 0 spiro atoms. The zero-order valence-corrected chi connectivity index (χ0v) is 11.7. The van der Waals surface area contributed by atoms with Crippen LogP contribution in [0.4, 0.5) is 0 Å². The van der Waals surface area contributed by atoms with Crippen molar-refractivity contribution in [2.24, 2.45) is 17.8 Å². The summed E-state index contributed by atoms with van der Waals surface area (Å²) in [4.78, 5) is 25.9. The Bertz CT molecular complexity index is 318. The fraction of sp³-hybridized carbons (Fsp3) is 0.867. The van der Waals surface area contributed by atoms with E-state index in [0.717, 1.165) is 19.4 Å². The third-order valence-electron chi connectivity index (χ3n) is 4.59. The van der Waals surface area contributed by atoms with Crippen LogP contribution in [0.1, 0.15) is 52.4 Å². The second-order valence-corrected chi connectivity index (χ2v) is 6.28. The third kappa shape index (κ3) is 3.12. The lowest BCUT2D eigenvalue weighted by Gasteiger charge is -2.23. The minimum atomic E-state index is 0.179. The molecule has 1 unspecified atom stereocenters. The van der Waals surface area contributed by atoms with E-state index in [1.165, 1.54) is 19.3 Å². The largest absolute Gasteiger partial charge is 0.335 e.